The maximum absolute atomic E-state index is 11.7. The van der Waals surface area contributed by atoms with Gasteiger partial charge >= 0.3 is 5.97 Å². The molecule has 2 aliphatic heterocycles. The van der Waals surface area contributed by atoms with Crippen molar-refractivity contribution in [1.29, 1.82) is 0 Å². The van der Waals surface area contributed by atoms with Gasteiger partial charge < -0.3 is 24.4 Å². The maximum Gasteiger partial charge on any atom is 0.306 e. The molecule has 0 aromatic heterocycles. The lowest BCUT2D eigenvalue weighted by atomic mass is 9.89. The van der Waals surface area contributed by atoms with Crippen molar-refractivity contribution in [1.82, 2.24) is 0 Å². The fraction of sp³-hybridized carbons (Fsp3) is 0.406. The van der Waals surface area contributed by atoms with Gasteiger partial charge in [-0.1, -0.05) is 31.2 Å². The molecule has 2 aliphatic rings. The molecule has 2 unspecified atom stereocenters. The van der Waals surface area contributed by atoms with Gasteiger partial charge in [-0.15, -0.1) is 0 Å². The van der Waals surface area contributed by atoms with Crippen LogP contribution in [0.1, 0.15) is 47.9 Å². The SMILES string of the molecule is Cc1cc(OCC2(O)CCS(=O)(=O)CC2)cc(C)c1-c1cccc(COc2ccc3c(c2)OCC3C(C)C(=O)O)c1. The number of aliphatic carboxylic acids is 1. The lowest BCUT2D eigenvalue weighted by Crippen LogP contribution is -2.43. The minimum atomic E-state index is -3.07. The highest BCUT2D eigenvalue weighted by Crippen LogP contribution is 2.40. The summed E-state index contributed by atoms with van der Waals surface area (Å²) < 4.78 is 41.2. The van der Waals surface area contributed by atoms with E-state index in [1.54, 1.807) is 6.92 Å². The van der Waals surface area contributed by atoms with Gasteiger partial charge in [-0.3, -0.25) is 4.79 Å². The number of aryl methyl sites for hydroxylation is 2. The number of carbonyl (C=O) groups is 1. The third kappa shape index (κ3) is 6.52. The number of carboxylic acids is 1. The predicted molar refractivity (Wildman–Crippen MR) is 155 cm³/mol. The Morgan fingerprint density at radius 2 is 1.73 bits per heavy atom. The van der Waals surface area contributed by atoms with Crippen molar-refractivity contribution in [2.45, 2.75) is 51.7 Å². The summed E-state index contributed by atoms with van der Waals surface area (Å²) in [4.78, 5) is 11.4. The van der Waals surface area contributed by atoms with Crippen molar-refractivity contribution in [3.8, 4) is 28.4 Å². The monoisotopic (exact) mass is 580 g/mol. The van der Waals surface area contributed by atoms with Gasteiger partial charge in [0.05, 0.1) is 24.0 Å². The van der Waals surface area contributed by atoms with E-state index in [2.05, 4.69) is 12.1 Å². The van der Waals surface area contributed by atoms with E-state index in [0.29, 0.717) is 30.5 Å². The van der Waals surface area contributed by atoms with Gasteiger partial charge in [0.15, 0.2) is 9.84 Å². The average molecular weight is 581 g/mol. The van der Waals surface area contributed by atoms with Gasteiger partial charge in [-0.05, 0) is 78.8 Å². The molecular formula is C32H36O8S. The first-order chi connectivity index (χ1) is 19.4. The molecule has 0 amide bonds. The second-order valence-corrected chi connectivity index (χ2v) is 13.6. The summed E-state index contributed by atoms with van der Waals surface area (Å²) in [5.74, 6) is 0.399. The molecule has 3 aromatic rings. The van der Waals surface area contributed by atoms with Crippen LogP contribution in [0, 0.1) is 19.8 Å². The molecule has 41 heavy (non-hydrogen) atoms. The Morgan fingerprint density at radius 3 is 2.41 bits per heavy atom. The zero-order chi connectivity index (χ0) is 29.4. The smallest absolute Gasteiger partial charge is 0.306 e. The molecule has 3 aromatic carbocycles. The molecule has 0 saturated carbocycles. The molecular weight excluding hydrogens is 544 g/mol. The molecule has 0 spiro atoms. The van der Waals surface area contributed by atoms with E-state index in [9.17, 15) is 23.4 Å². The minimum Gasteiger partial charge on any atom is -0.492 e. The maximum atomic E-state index is 11.7. The number of hydrogen-bond acceptors (Lipinski definition) is 7. The number of aliphatic hydroxyl groups is 1. The van der Waals surface area contributed by atoms with E-state index in [-0.39, 0.29) is 36.9 Å². The summed E-state index contributed by atoms with van der Waals surface area (Å²) in [6.45, 7) is 6.50. The first kappa shape index (κ1) is 29.0. The Labute approximate surface area is 240 Å². The van der Waals surface area contributed by atoms with Gasteiger partial charge in [0.2, 0.25) is 0 Å². The second kappa shape index (κ2) is 11.4. The molecule has 2 atom stereocenters. The van der Waals surface area contributed by atoms with Crippen LogP contribution < -0.4 is 14.2 Å². The second-order valence-electron chi connectivity index (χ2n) is 11.3. The van der Waals surface area contributed by atoms with Crippen molar-refractivity contribution in [2.24, 2.45) is 5.92 Å². The summed E-state index contributed by atoms with van der Waals surface area (Å²) >= 11 is 0. The van der Waals surface area contributed by atoms with Crippen molar-refractivity contribution in [3.63, 3.8) is 0 Å². The van der Waals surface area contributed by atoms with Gasteiger partial charge in [-0.25, -0.2) is 8.42 Å². The van der Waals surface area contributed by atoms with Crippen LogP contribution >= 0.6 is 0 Å². The van der Waals surface area contributed by atoms with Crippen molar-refractivity contribution in [2.75, 3.05) is 24.7 Å². The summed E-state index contributed by atoms with van der Waals surface area (Å²) in [7, 11) is -3.07. The third-order valence-corrected chi connectivity index (χ3v) is 9.84. The molecule has 218 valence electrons. The van der Waals surface area contributed by atoms with E-state index in [4.69, 9.17) is 14.2 Å². The van der Waals surface area contributed by atoms with Gasteiger partial charge in [0.1, 0.15) is 36.1 Å². The molecule has 0 aliphatic carbocycles. The number of benzene rings is 3. The quantitative estimate of drug-likeness (QED) is 0.360. The zero-order valence-electron chi connectivity index (χ0n) is 23.6. The van der Waals surface area contributed by atoms with Crippen LogP contribution in [0.3, 0.4) is 0 Å². The molecule has 0 radical (unpaired) electrons. The molecule has 9 heteroatoms. The zero-order valence-corrected chi connectivity index (χ0v) is 24.4. The largest absolute Gasteiger partial charge is 0.492 e. The van der Waals surface area contributed by atoms with Crippen LogP contribution in [0.25, 0.3) is 11.1 Å². The number of sulfone groups is 1. The van der Waals surface area contributed by atoms with E-state index >= 15 is 0 Å². The molecule has 5 rings (SSSR count). The fourth-order valence-corrected chi connectivity index (χ4v) is 7.20. The van der Waals surface area contributed by atoms with Gasteiger partial charge in [0, 0.05) is 17.5 Å². The van der Waals surface area contributed by atoms with Gasteiger partial charge in [0.25, 0.3) is 0 Å². The van der Waals surface area contributed by atoms with Crippen LogP contribution in [0.2, 0.25) is 0 Å². The highest BCUT2D eigenvalue weighted by atomic mass is 32.2. The van der Waals surface area contributed by atoms with Crippen LogP contribution in [-0.4, -0.2) is 54.9 Å². The van der Waals surface area contributed by atoms with Crippen LogP contribution in [0.5, 0.6) is 17.2 Å². The summed E-state index contributed by atoms with van der Waals surface area (Å²) in [5, 5.41) is 20.1. The number of fused-ring (bicyclic) bond motifs is 1. The van der Waals surface area contributed by atoms with Gasteiger partial charge in [-0.2, -0.15) is 0 Å². The molecule has 1 saturated heterocycles. The number of ether oxygens (including phenoxy) is 3. The fourth-order valence-electron chi connectivity index (χ4n) is 5.62. The van der Waals surface area contributed by atoms with Crippen molar-refractivity contribution < 1.29 is 37.6 Å². The molecule has 8 nitrogen and oxygen atoms in total. The highest BCUT2D eigenvalue weighted by molar-refractivity contribution is 7.91. The van der Waals surface area contributed by atoms with E-state index in [1.807, 2.05) is 56.3 Å². The van der Waals surface area contributed by atoms with Crippen LogP contribution in [0.4, 0.5) is 0 Å². The summed E-state index contributed by atoms with van der Waals surface area (Å²) in [5.41, 5.74) is 4.94. The van der Waals surface area contributed by atoms with Crippen molar-refractivity contribution in [3.05, 3.63) is 76.9 Å². The first-order valence-electron chi connectivity index (χ1n) is 13.8. The predicted octanol–water partition coefficient (Wildman–Crippen LogP) is 5.06. The molecule has 1 fully saturated rings. The Hall–Kier alpha value is -3.56. The molecule has 2 heterocycles. The Morgan fingerprint density at radius 1 is 1.02 bits per heavy atom. The Kier molecular flexibility index (Phi) is 8.03. The molecule has 2 N–H and O–H groups in total. The van der Waals surface area contributed by atoms with E-state index < -0.39 is 27.3 Å². The summed E-state index contributed by atoms with van der Waals surface area (Å²) in [6, 6.07) is 17.6. The Bertz CT molecular complexity index is 1520. The highest BCUT2D eigenvalue weighted by Gasteiger charge is 2.36. The van der Waals surface area contributed by atoms with Crippen molar-refractivity contribution >= 4 is 15.8 Å². The number of carboxylic acid groups (broad SMARTS) is 1. The van der Waals surface area contributed by atoms with E-state index in [1.165, 1.54) is 0 Å². The van der Waals surface area contributed by atoms with E-state index in [0.717, 1.165) is 33.4 Å². The third-order valence-electron chi connectivity index (χ3n) is 8.19. The average Bonchev–Trinajstić information content (AvgIpc) is 3.35. The normalized spacial score (nSPS) is 19.6. The molecule has 0 bridgehead atoms. The topological polar surface area (TPSA) is 119 Å². The minimum absolute atomic E-state index is 0.0172. The number of hydrogen-bond donors (Lipinski definition) is 2. The lowest BCUT2D eigenvalue weighted by Gasteiger charge is -2.31. The number of rotatable bonds is 9. The first-order valence-corrected chi connectivity index (χ1v) is 15.6. The van der Waals surface area contributed by atoms with Crippen LogP contribution in [0.15, 0.2) is 54.6 Å². The Balaban J connectivity index is 1.25. The lowest BCUT2D eigenvalue weighted by molar-refractivity contribution is -0.142. The van der Waals surface area contributed by atoms with Crippen LogP contribution in [-0.2, 0) is 21.2 Å². The standard InChI is InChI=1S/C32H36O8S/c1-20-13-26(40-19-32(35)9-11-41(36,37)12-10-32)14-21(2)30(20)24-6-4-5-23(15-24)17-38-25-7-8-27-28(22(3)31(33)34)18-39-29(27)16-25/h4-8,13-16,22,28,35H,9-12,17-19H2,1-3H3,(H,33,34). The summed E-state index contributed by atoms with van der Waals surface area (Å²) in [6.07, 6.45) is 0.367.